The van der Waals surface area contributed by atoms with Crippen molar-refractivity contribution < 1.29 is 23.6 Å². The summed E-state index contributed by atoms with van der Waals surface area (Å²) in [5.41, 5.74) is 4.06. The minimum atomic E-state index is -0.289. The minimum Gasteiger partial charge on any atom is -0.493 e. The number of hydrogen-bond donors (Lipinski definition) is 2. The van der Waals surface area contributed by atoms with Crippen LogP contribution in [0.1, 0.15) is 16.7 Å². The van der Waals surface area contributed by atoms with E-state index in [0.29, 0.717) is 36.0 Å². The van der Waals surface area contributed by atoms with E-state index >= 15 is 0 Å². The van der Waals surface area contributed by atoms with E-state index in [9.17, 15) is 4.79 Å². The monoisotopic (exact) mass is 452 g/mol. The molecule has 0 atom stereocenters. The third-order valence-electron chi connectivity index (χ3n) is 5.20. The SMILES string of the molecule is CNC(=O)N1CCc2cc(OC)c(OC)cc2C(c2ccc(Nc3nonc3OC)cc2)=N1. The lowest BCUT2D eigenvalue weighted by Gasteiger charge is -2.16. The van der Waals surface area contributed by atoms with Gasteiger partial charge in [-0.2, -0.15) is 5.10 Å². The molecule has 2 amide bonds. The van der Waals surface area contributed by atoms with E-state index in [1.807, 2.05) is 36.4 Å². The normalized spacial score (nSPS) is 12.8. The predicted molar refractivity (Wildman–Crippen MR) is 121 cm³/mol. The molecule has 3 aromatic rings. The molecular weight excluding hydrogens is 428 g/mol. The maximum Gasteiger partial charge on any atom is 0.337 e. The van der Waals surface area contributed by atoms with E-state index in [1.165, 1.54) is 12.1 Å². The van der Waals surface area contributed by atoms with Crippen LogP contribution in [0.2, 0.25) is 0 Å². The molecule has 0 spiro atoms. The van der Waals surface area contributed by atoms with Crippen molar-refractivity contribution in [2.24, 2.45) is 5.10 Å². The average molecular weight is 452 g/mol. The van der Waals surface area contributed by atoms with Crippen LogP contribution in [-0.4, -0.2) is 62.0 Å². The molecule has 1 aliphatic heterocycles. The van der Waals surface area contributed by atoms with E-state index in [0.717, 1.165) is 22.4 Å². The Balaban J connectivity index is 1.74. The van der Waals surface area contributed by atoms with Crippen LogP contribution < -0.4 is 24.8 Å². The summed E-state index contributed by atoms with van der Waals surface area (Å²) in [7, 11) is 6.24. The maximum atomic E-state index is 12.4. The molecular formula is C22H24N6O5. The summed E-state index contributed by atoms with van der Waals surface area (Å²) in [5, 5.41) is 19.3. The first-order valence-electron chi connectivity index (χ1n) is 10.1. The highest BCUT2D eigenvalue weighted by atomic mass is 16.6. The zero-order valence-electron chi connectivity index (χ0n) is 18.7. The van der Waals surface area contributed by atoms with Crippen LogP contribution in [0.4, 0.5) is 16.3 Å². The third kappa shape index (κ3) is 4.38. The Morgan fingerprint density at radius 1 is 1.03 bits per heavy atom. The number of nitrogens with zero attached hydrogens (tertiary/aromatic N) is 4. The van der Waals surface area contributed by atoms with Crippen molar-refractivity contribution >= 4 is 23.2 Å². The second kappa shape index (κ2) is 9.47. The lowest BCUT2D eigenvalue weighted by atomic mass is 9.95. The number of urea groups is 1. The van der Waals surface area contributed by atoms with Crippen LogP contribution in [0.15, 0.2) is 46.1 Å². The molecule has 1 aliphatic rings. The molecule has 0 saturated heterocycles. The smallest absolute Gasteiger partial charge is 0.337 e. The van der Waals surface area contributed by atoms with E-state index in [1.54, 1.807) is 21.3 Å². The first-order chi connectivity index (χ1) is 16.1. The highest BCUT2D eigenvalue weighted by Crippen LogP contribution is 2.34. The third-order valence-corrected chi connectivity index (χ3v) is 5.20. The zero-order chi connectivity index (χ0) is 23.4. The molecule has 0 aliphatic carbocycles. The van der Waals surface area contributed by atoms with Crippen molar-refractivity contribution in [3.05, 3.63) is 53.1 Å². The van der Waals surface area contributed by atoms with Gasteiger partial charge in [0.05, 0.1) is 33.6 Å². The molecule has 11 heteroatoms. The molecule has 4 rings (SSSR count). The largest absolute Gasteiger partial charge is 0.493 e. The standard InChI is InChI=1S/C22H24N6O5/c1-23-22(29)28-10-9-14-11-17(30-2)18(31-3)12-16(14)19(25-28)13-5-7-15(8-6-13)24-20-21(32-4)27-33-26-20/h5-8,11-12H,9-10H2,1-4H3,(H,23,29)(H,24,26). The lowest BCUT2D eigenvalue weighted by Crippen LogP contribution is -2.35. The number of anilines is 2. The molecule has 2 aromatic carbocycles. The second-order valence-corrected chi connectivity index (χ2v) is 7.07. The van der Waals surface area contributed by atoms with Crippen LogP contribution in [0.3, 0.4) is 0 Å². The number of benzene rings is 2. The summed E-state index contributed by atoms with van der Waals surface area (Å²) in [6.45, 7) is 0.421. The summed E-state index contributed by atoms with van der Waals surface area (Å²) in [4.78, 5) is 12.4. The number of amides is 2. The van der Waals surface area contributed by atoms with Crippen LogP contribution in [0, 0.1) is 0 Å². The number of carbonyl (C=O) groups excluding carboxylic acids is 1. The average Bonchev–Trinajstić information content (AvgIpc) is 3.22. The van der Waals surface area contributed by atoms with Gasteiger partial charge in [0.1, 0.15) is 0 Å². The molecule has 0 unspecified atom stereocenters. The number of ether oxygens (including phenoxy) is 3. The van der Waals surface area contributed by atoms with Crippen molar-refractivity contribution in [1.82, 2.24) is 20.6 Å². The molecule has 0 radical (unpaired) electrons. The quantitative estimate of drug-likeness (QED) is 0.585. The van der Waals surface area contributed by atoms with Crippen molar-refractivity contribution in [3.8, 4) is 17.4 Å². The molecule has 2 heterocycles. The van der Waals surface area contributed by atoms with E-state index in [-0.39, 0.29) is 11.9 Å². The molecule has 0 saturated carbocycles. The Morgan fingerprint density at radius 3 is 2.42 bits per heavy atom. The summed E-state index contributed by atoms with van der Waals surface area (Å²) in [6, 6.07) is 11.0. The van der Waals surface area contributed by atoms with Gasteiger partial charge >= 0.3 is 6.03 Å². The fourth-order valence-corrected chi connectivity index (χ4v) is 3.53. The van der Waals surface area contributed by atoms with Gasteiger partial charge in [0.2, 0.25) is 5.82 Å². The highest BCUT2D eigenvalue weighted by Gasteiger charge is 2.24. The molecule has 0 bridgehead atoms. The van der Waals surface area contributed by atoms with Gasteiger partial charge in [-0.25, -0.2) is 14.4 Å². The van der Waals surface area contributed by atoms with E-state index < -0.39 is 0 Å². The first kappa shape index (κ1) is 21.9. The van der Waals surface area contributed by atoms with Gasteiger partial charge in [-0.3, -0.25) is 0 Å². The number of carbonyl (C=O) groups is 1. The van der Waals surface area contributed by atoms with Gasteiger partial charge in [0.15, 0.2) is 11.5 Å². The number of rotatable bonds is 6. The van der Waals surface area contributed by atoms with Crippen LogP contribution in [-0.2, 0) is 6.42 Å². The van der Waals surface area contributed by atoms with Crippen molar-refractivity contribution in [3.63, 3.8) is 0 Å². The van der Waals surface area contributed by atoms with Gasteiger partial charge in [0, 0.05) is 23.9 Å². The van der Waals surface area contributed by atoms with Gasteiger partial charge in [-0.15, -0.1) is 0 Å². The molecule has 2 N–H and O–H groups in total. The van der Waals surface area contributed by atoms with Crippen molar-refractivity contribution in [2.45, 2.75) is 6.42 Å². The topological polar surface area (TPSA) is 123 Å². The Morgan fingerprint density at radius 2 is 1.76 bits per heavy atom. The van der Waals surface area contributed by atoms with Crippen molar-refractivity contribution in [1.29, 1.82) is 0 Å². The number of hydrogen-bond acceptors (Lipinski definition) is 9. The number of fused-ring (bicyclic) bond motifs is 1. The first-order valence-corrected chi connectivity index (χ1v) is 10.1. The van der Waals surface area contributed by atoms with Crippen molar-refractivity contribution in [2.75, 3.05) is 40.2 Å². The Hall–Kier alpha value is -4.28. The summed E-state index contributed by atoms with van der Waals surface area (Å²) in [6.07, 6.45) is 0.606. The Bertz CT molecular complexity index is 1170. The van der Waals surface area contributed by atoms with E-state index in [4.69, 9.17) is 18.8 Å². The molecule has 1 aromatic heterocycles. The predicted octanol–water partition coefficient (Wildman–Crippen LogP) is 2.79. The Labute approximate surface area is 190 Å². The summed E-state index contributed by atoms with van der Waals surface area (Å²) >= 11 is 0. The van der Waals surface area contributed by atoms with Crippen LogP contribution in [0.25, 0.3) is 0 Å². The summed E-state index contributed by atoms with van der Waals surface area (Å²) in [5.74, 6) is 1.83. The van der Waals surface area contributed by atoms with Gasteiger partial charge in [-0.1, -0.05) is 12.1 Å². The summed E-state index contributed by atoms with van der Waals surface area (Å²) < 4.78 is 20.8. The van der Waals surface area contributed by atoms with Crippen LogP contribution >= 0.6 is 0 Å². The van der Waals surface area contributed by atoms with Gasteiger partial charge < -0.3 is 24.8 Å². The zero-order valence-corrected chi connectivity index (χ0v) is 18.7. The maximum absolute atomic E-state index is 12.4. The van der Waals surface area contributed by atoms with Crippen LogP contribution in [0.5, 0.6) is 17.4 Å². The van der Waals surface area contributed by atoms with Gasteiger partial charge in [0.25, 0.3) is 5.88 Å². The number of methoxy groups -OCH3 is 3. The molecule has 33 heavy (non-hydrogen) atoms. The molecule has 11 nitrogen and oxygen atoms in total. The number of hydrazone groups is 1. The second-order valence-electron chi connectivity index (χ2n) is 7.07. The highest BCUT2D eigenvalue weighted by molar-refractivity contribution is 6.14. The van der Waals surface area contributed by atoms with Gasteiger partial charge in [-0.05, 0) is 46.6 Å². The molecule has 0 fully saturated rings. The number of nitrogens with one attached hydrogen (secondary N) is 2. The van der Waals surface area contributed by atoms with E-state index in [2.05, 4.69) is 26.0 Å². The molecule has 172 valence electrons. The Kier molecular flexibility index (Phi) is 6.29. The fourth-order valence-electron chi connectivity index (χ4n) is 3.53. The minimum absolute atomic E-state index is 0.253. The lowest BCUT2D eigenvalue weighted by molar-refractivity contribution is 0.203. The number of aromatic nitrogens is 2. The fraction of sp³-hybridized carbons (Fsp3) is 0.273.